The van der Waals surface area contributed by atoms with Crippen molar-refractivity contribution < 1.29 is 13.7 Å². The lowest BCUT2D eigenvalue weighted by molar-refractivity contribution is 0.00578. The van der Waals surface area contributed by atoms with Gasteiger partial charge in [-0.05, 0) is 27.7 Å². The molecule has 17 heavy (non-hydrogen) atoms. The van der Waals surface area contributed by atoms with E-state index in [2.05, 4.69) is 4.98 Å². The van der Waals surface area contributed by atoms with Crippen molar-refractivity contribution in [1.82, 2.24) is 4.98 Å². The first-order valence-corrected chi connectivity index (χ1v) is 5.77. The number of rotatable bonds is 1. The van der Waals surface area contributed by atoms with Gasteiger partial charge in [0.05, 0.1) is 11.2 Å². The van der Waals surface area contributed by atoms with E-state index in [-0.39, 0.29) is 10.6 Å². The van der Waals surface area contributed by atoms with E-state index < -0.39 is 24.1 Å². The van der Waals surface area contributed by atoms with Gasteiger partial charge in [0, 0.05) is 17.7 Å². The van der Waals surface area contributed by atoms with Crippen molar-refractivity contribution >= 4 is 24.2 Å². The minimum Gasteiger partial charge on any atom is -0.399 e. The van der Waals surface area contributed by atoms with Crippen LogP contribution in [0.1, 0.15) is 27.7 Å². The summed E-state index contributed by atoms with van der Waals surface area (Å²) in [7, 11) is -0.746. The maximum absolute atomic E-state index is 13.7. The Kier molecular flexibility index (Phi) is 2.96. The van der Waals surface area contributed by atoms with Crippen LogP contribution in [0.2, 0.25) is 5.15 Å². The topological polar surface area (TPSA) is 31.4 Å². The van der Waals surface area contributed by atoms with Gasteiger partial charge in [-0.15, -0.1) is 0 Å². The summed E-state index contributed by atoms with van der Waals surface area (Å²) in [5, 5.41) is 0.114. The third-order valence-corrected chi connectivity index (χ3v) is 3.56. The molecule has 0 unspecified atom stereocenters. The average molecular weight is 258 g/mol. The Morgan fingerprint density at radius 2 is 1.76 bits per heavy atom. The number of hydrogen-bond donors (Lipinski definition) is 0. The van der Waals surface area contributed by atoms with Crippen molar-refractivity contribution in [3.63, 3.8) is 0 Å². The zero-order valence-electron chi connectivity index (χ0n) is 10.3. The van der Waals surface area contributed by atoms with E-state index in [1.807, 2.05) is 27.7 Å². The van der Waals surface area contributed by atoms with Gasteiger partial charge in [-0.25, -0.2) is 9.37 Å². The number of nitrogens with zero attached hydrogens (tertiary/aromatic N) is 1. The number of halogens is 2. The van der Waals surface area contributed by atoms with Crippen molar-refractivity contribution in [3.05, 3.63) is 23.2 Å². The van der Waals surface area contributed by atoms with Gasteiger partial charge in [0.1, 0.15) is 11.0 Å². The molecule has 1 aliphatic heterocycles. The van der Waals surface area contributed by atoms with E-state index in [4.69, 9.17) is 20.9 Å². The summed E-state index contributed by atoms with van der Waals surface area (Å²) < 4.78 is 25.2. The molecule has 1 fully saturated rings. The molecule has 0 aromatic carbocycles. The molecule has 0 saturated carbocycles. The second-order valence-electron chi connectivity index (χ2n) is 5.12. The van der Waals surface area contributed by atoms with E-state index in [1.54, 1.807) is 0 Å². The molecular weight excluding hydrogens is 243 g/mol. The third kappa shape index (κ3) is 2.19. The van der Waals surface area contributed by atoms with Gasteiger partial charge in [0.15, 0.2) is 0 Å². The van der Waals surface area contributed by atoms with Crippen LogP contribution in [0, 0.1) is 5.82 Å². The lowest BCUT2D eigenvalue weighted by Crippen LogP contribution is -2.41. The predicted molar refractivity (Wildman–Crippen MR) is 64.9 cm³/mol. The molecule has 1 aromatic heterocycles. The minimum atomic E-state index is -0.746. The van der Waals surface area contributed by atoms with Crippen LogP contribution in [0.3, 0.4) is 0 Å². The fourth-order valence-electron chi connectivity index (χ4n) is 1.56. The molecule has 0 N–H and O–H groups in total. The highest BCUT2D eigenvalue weighted by molar-refractivity contribution is 6.62. The summed E-state index contributed by atoms with van der Waals surface area (Å²) in [6.45, 7) is 7.64. The van der Waals surface area contributed by atoms with Gasteiger partial charge >= 0.3 is 7.12 Å². The van der Waals surface area contributed by atoms with Crippen molar-refractivity contribution in [3.8, 4) is 0 Å². The molecule has 0 radical (unpaired) electrons. The number of aromatic nitrogens is 1. The fraction of sp³-hybridized carbons (Fsp3) is 0.545. The van der Waals surface area contributed by atoms with E-state index in [0.29, 0.717) is 0 Å². The van der Waals surface area contributed by atoms with Crippen molar-refractivity contribution in [1.29, 1.82) is 0 Å². The highest BCUT2D eigenvalue weighted by Crippen LogP contribution is 2.36. The lowest BCUT2D eigenvalue weighted by Gasteiger charge is -2.32. The van der Waals surface area contributed by atoms with Crippen molar-refractivity contribution in [2.75, 3.05) is 0 Å². The van der Waals surface area contributed by atoms with Gasteiger partial charge < -0.3 is 9.31 Å². The van der Waals surface area contributed by atoms with Crippen LogP contribution in [0.25, 0.3) is 0 Å². The van der Waals surface area contributed by atoms with Gasteiger partial charge in [-0.1, -0.05) is 11.6 Å². The molecule has 2 rings (SSSR count). The molecule has 0 atom stereocenters. The predicted octanol–water partition coefficient (Wildman–Crippen LogP) is 2.17. The maximum atomic E-state index is 13.7. The van der Waals surface area contributed by atoms with Crippen LogP contribution >= 0.6 is 11.6 Å². The summed E-state index contributed by atoms with van der Waals surface area (Å²) in [4.78, 5) is 3.85. The Balaban J connectivity index is 2.32. The third-order valence-electron chi connectivity index (χ3n) is 3.36. The Hall–Kier alpha value is -0.645. The van der Waals surface area contributed by atoms with Crippen LogP contribution in [-0.4, -0.2) is 23.3 Å². The number of hydrogen-bond acceptors (Lipinski definition) is 3. The van der Waals surface area contributed by atoms with Crippen molar-refractivity contribution in [2.24, 2.45) is 0 Å². The first-order chi connectivity index (χ1) is 7.73. The summed E-state index contributed by atoms with van der Waals surface area (Å²) in [5.41, 5.74) is -0.721. The zero-order valence-corrected chi connectivity index (χ0v) is 11.0. The first kappa shape index (κ1) is 12.8. The highest BCUT2D eigenvalue weighted by Gasteiger charge is 2.52. The molecule has 0 bridgehead atoms. The fourth-order valence-corrected chi connectivity index (χ4v) is 1.71. The molecule has 1 aliphatic rings. The smallest absolute Gasteiger partial charge is 0.399 e. The van der Waals surface area contributed by atoms with E-state index >= 15 is 0 Å². The molecule has 92 valence electrons. The first-order valence-electron chi connectivity index (χ1n) is 5.39. The van der Waals surface area contributed by atoms with Gasteiger partial charge in [0.25, 0.3) is 0 Å². The summed E-state index contributed by atoms with van der Waals surface area (Å²) in [5.74, 6) is -0.469. The summed E-state index contributed by atoms with van der Waals surface area (Å²) in [6, 6.07) is 1.15. The van der Waals surface area contributed by atoms with Crippen LogP contribution in [0.15, 0.2) is 12.3 Å². The Morgan fingerprint density at radius 3 is 2.24 bits per heavy atom. The standard InChI is InChI=1S/C11H14BClFNO2/c1-10(2)11(3,4)17-12(16-10)7-6-15-9(13)5-8(7)14/h5-6H,1-4H3. The van der Waals surface area contributed by atoms with Gasteiger partial charge in [-0.3, -0.25) is 0 Å². The Bertz CT molecular complexity index is 437. The highest BCUT2D eigenvalue weighted by atomic mass is 35.5. The monoisotopic (exact) mass is 257 g/mol. The van der Waals surface area contributed by atoms with Gasteiger partial charge in [-0.2, -0.15) is 0 Å². The lowest BCUT2D eigenvalue weighted by atomic mass is 9.80. The Morgan fingerprint density at radius 1 is 1.24 bits per heavy atom. The van der Waals surface area contributed by atoms with E-state index in [1.165, 1.54) is 6.20 Å². The molecule has 0 amide bonds. The quantitative estimate of drug-likeness (QED) is 0.571. The maximum Gasteiger partial charge on any atom is 0.499 e. The molecule has 3 nitrogen and oxygen atoms in total. The Labute approximate surface area is 105 Å². The van der Waals surface area contributed by atoms with E-state index in [0.717, 1.165) is 6.07 Å². The van der Waals surface area contributed by atoms with Crippen molar-refractivity contribution in [2.45, 2.75) is 38.9 Å². The van der Waals surface area contributed by atoms with Crippen LogP contribution in [0.4, 0.5) is 4.39 Å². The second-order valence-corrected chi connectivity index (χ2v) is 5.50. The second kappa shape index (κ2) is 3.94. The molecular formula is C11H14BClFNO2. The molecule has 1 saturated heterocycles. The SMILES string of the molecule is CC1(C)OB(c2cnc(Cl)cc2F)OC1(C)C. The largest absolute Gasteiger partial charge is 0.499 e. The molecule has 0 aliphatic carbocycles. The molecule has 6 heteroatoms. The van der Waals surface area contributed by atoms with E-state index in [9.17, 15) is 4.39 Å². The molecule has 2 heterocycles. The van der Waals surface area contributed by atoms with Crippen LogP contribution < -0.4 is 5.46 Å². The van der Waals surface area contributed by atoms with Crippen LogP contribution in [0.5, 0.6) is 0 Å². The minimum absolute atomic E-state index is 0.114. The zero-order chi connectivity index (χ0) is 12.8. The summed E-state index contributed by atoms with van der Waals surface area (Å²) >= 11 is 5.60. The number of pyridine rings is 1. The molecule has 1 aromatic rings. The molecule has 0 spiro atoms. The normalized spacial score (nSPS) is 21.9. The summed E-state index contributed by atoms with van der Waals surface area (Å²) in [6.07, 6.45) is 1.35. The average Bonchev–Trinajstić information content (AvgIpc) is 2.35. The van der Waals surface area contributed by atoms with Crippen LogP contribution in [-0.2, 0) is 9.31 Å². The van der Waals surface area contributed by atoms with Gasteiger partial charge in [0.2, 0.25) is 0 Å².